The maximum atomic E-state index is 4.26. The number of aryl methyl sites for hydroxylation is 1. The van der Waals surface area contributed by atoms with Crippen LogP contribution >= 0.6 is 0 Å². The molecule has 0 bridgehead atoms. The summed E-state index contributed by atoms with van der Waals surface area (Å²) < 4.78 is 0. The Morgan fingerprint density at radius 3 is 2.81 bits per heavy atom. The molecule has 0 radical (unpaired) electrons. The van der Waals surface area contributed by atoms with Gasteiger partial charge in [0.25, 0.3) is 0 Å². The fraction of sp³-hybridized carbons (Fsp3) is 0.636. The SMILES string of the molecule is Cc1nccnc1NCCN1CCNCC1. The van der Waals surface area contributed by atoms with Crippen molar-refractivity contribution in [2.45, 2.75) is 6.92 Å². The number of anilines is 1. The van der Waals surface area contributed by atoms with E-state index in [0.29, 0.717) is 0 Å². The average molecular weight is 221 g/mol. The molecule has 16 heavy (non-hydrogen) atoms. The van der Waals surface area contributed by atoms with Crippen molar-refractivity contribution in [1.82, 2.24) is 20.2 Å². The van der Waals surface area contributed by atoms with Crippen LogP contribution in [0, 0.1) is 6.92 Å². The van der Waals surface area contributed by atoms with E-state index in [2.05, 4.69) is 25.5 Å². The number of hydrogen-bond acceptors (Lipinski definition) is 5. The summed E-state index contributed by atoms with van der Waals surface area (Å²) in [6, 6.07) is 0. The fourth-order valence-electron chi connectivity index (χ4n) is 1.85. The molecule has 88 valence electrons. The Kier molecular flexibility index (Phi) is 4.07. The van der Waals surface area contributed by atoms with Crippen LogP contribution in [-0.2, 0) is 0 Å². The Labute approximate surface area is 96.3 Å². The van der Waals surface area contributed by atoms with E-state index in [1.54, 1.807) is 12.4 Å². The van der Waals surface area contributed by atoms with Gasteiger partial charge < -0.3 is 10.6 Å². The highest BCUT2D eigenvalue weighted by Gasteiger charge is 2.08. The lowest BCUT2D eigenvalue weighted by atomic mass is 10.3. The van der Waals surface area contributed by atoms with Crippen LogP contribution in [0.15, 0.2) is 12.4 Å². The van der Waals surface area contributed by atoms with Gasteiger partial charge in [0, 0.05) is 51.7 Å². The van der Waals surface area contributed by atoms with E-state index in [-0.39, 0.29) is 0 Å². The highest BCUT2D eigenvalue weighted by atomic mass is 15.2. The third-order valence-electron chi connectivity index (χ3n) is 2.81. The molecule has 1 aliphatic rings. The van der Waals surface area contributed by atoms with E-state index in [4.69, 9.17) is 0 Å². The third-order valence-corrected chi connectivity index (χ3v) is 2.81. The van der Waals surface area contributed by atoms with Gasteiger partial charge in [0.15, 0.2) is 0 Å². The Hall–Kier alpha value is -1.20. The predicted octanol–water partition coefficient (Wildman–Crippen LogP) is 0.102. The van der Waals surface area contributed by atoms with Crippen LogP contribution in [0.5, 0.6) is 0 Å². The Bertz CT molecular complexity index is 322. The van der Waals surface area contributed by atoms with Crippen LogP contribution in [-0.4, -0.2) is 54.1 Å². The highest BCUT2D eigenvalue weighted by molar-refractivity contribution is 5.38. The summed E-state index contributed by atoms with van der Waals surface area (Å²) in [7, 11) is 0. The number of hydrogen-bond donors (Lipinski definition) is 2. The minimum absolute atomic E-state index is 0.901. The van der Waals surface area contributed by atoms with Gasteiger partial charge in [0.05, 0.1) is 5.69 Å². The summed E-state index contributed by atoms with van der Waals surface area (Å²) in [6.45, 7) is 8.45. The molecule has 0 aromatic carbocycles. The van der Waals surface area contributed by atoms with Gasteiger partial charge in [-0.3, -0.25) is 9.88 Å². The normalized spacial score (nSPS) is 17.3. The molecule has 5 nitrogen and oxygen atoms in total. The number of rotatable bonds is 4. The van der Waals surface area contributed by atoms with Crippen molar-refractivity contribution in [3.8, 4) is 0 Å². The summed E-state index contributed by atoms with van der Waals surface area (Å²) in [6.07, 6.45) is 3.44. The van der Waals surface area contributed by atoms with Gasteiger partial charge in [-0.2, -0.15) is 0 Å². The predicted molar refractivity (Wildman–Crippen MR) is 64.6 cm³/mol. The molecule has 1 aromatic heterocycles. The molecule has 1 aromatic rings. The second kappa shape index (κ2) is 5.77. The monoisotopic (exact) mass is 221 g/mol. The first-order valence-corrected chi connectivity index (χ1v) is 5.81. The second-order valence-corrected chi connectivity index (χ2v) is 4.01. The first-order valence-electron chi connectivity index (χ1n) is 5.81. The Balaban J connectivity index is 1.73. The molecule has 0 amide bonds. The van der Waals surface area contributed by atoms with Crippen LogP contribution in [0.2, 0.25) is 0 Å². The molecular weight excluding hydrogens is 202 g/mol. The standard InChI is InChI=1S/C11H19N5/c1-10-11(14-3-2-13-10)15-6-9-16-7-4-12-5-8-16/h2-3,12H,4-9H2,1H3,(H,14,15). The Morgan fingerprint density at radius 1 is 1.31 bits per heavy atom. The van der Waals surface area contributed by atoms with Crippen molar-refractivity contribution >= 4 is 5.82 Å². The molecule has 0 saturated carbocycles. The quantitative estimate of drug-likeness (QED) is 0.755. The zero-order chi connectivity index (χ0) is 11.2. The molecule has 2 heterocycles. The van der Waals surface area contributed by atoms with Gasteiger partial charge >= 0.3 is 0 Å². The molecule has 2 N–H and O–H groups in total. The second-order valence-electron chi connectivity index (χ2n) is 4.01. The molecular formula is C11H19N5. The van der Waals surface area contributed by atoms with Crippen molar-refractivity contribution in [1.29, 1.82) is 0 Å². The molecule has 0 atom stereocenters. The van der Waals surface area contributed by atoms with Gasteiger partial charge in [-0.15, -0.1) is 0 Å². The first-order chi connectivity index (χ1) is 7.86. The van der Waals surface area contributed by atoms with E-state index in [1.807, 2.05) is 6.92 Å². The van der Waals surface area contributed by atoms with Crippen LogP contribution in [0.4, 0.5) is 5.82 Å². The summed E-state index contributed by atoms with van der Waals surface area (Å²) >= 11 is 0. The largest absolute Gasteiger partial charge is 0.367 e. The van der Waals surface area contributed by atoms with Crippen LogP contribution in [0.3, 0.4) is 0 Å². The van der Waals surface area contributed by atoms with E-state index in [9.17, 15) is 0 Å². The van der Waals surface area contributed by atoms with Crippen LogP contribution < -0.4 is 10.6 Å². The lowest BCUT2D eigenvalue weighted by Gasteiger charge is -2.27. The van der Waals surface area contributed by atoms with Crippen molar-refractivity contribution in [3.05, 3.63) is 18.1 Å². The third kappa shape index (κ3) is 3.15. The van der Waals surface area contributed by atoms with E-state index in [0.717, 1.165) is 50.8 Å². The smallest absolute Gasteiger partial charge is 0.147 e. The van der Waals surface area contributed by atoms with E-state index < -0.39 is 0 Å². The Morgan fingerprint density at radius 2 is 2.06 bits per heavy atom. The van der Waals surface area contributed by atoms with Crippen molar-refractivity contribution in [2.24, 2.45) is 0 Å². The topological polar surface area (TPSA) is 53.1 Å². The van der Waals surface area contributed by atoms with Gasteiger partial charge in [0.1, 0.15) is 5.82 Å². The zero-order valence-corrected chi connectivity index (χ0v) is 9.74. The molecule has 2 rings (SSSR count). The van der Waals surface area contributed by atoms with Crippen molar-refractivity contribution in [3.63, 3.8) is 0 Å². The fourth-order valence-corrected chi connectivity index (χ4v) is 1.85. The van der Waals surface area contributed by atoms with Gasteiger partial charge in [0.2, 0.25) is 0 Å². The zero-order valence-electron chi connectivity index (χ0n) is 9.74. The maximum Gasteiger partial charge on any atom is 0.147 e. The minimum atomic E-state index is 0.901. The molecule has 1 fully saturated rings. The van der Waals surface area contributed by atoms with Gasteiger partial charge in [-0.25, -0.2) is 4.98 Å². The molecule has 0 spiro atoms. The summed E-state index contributed by atoms with van der Waals surface area (Å²) in [4.78, 5) is 10.9. The maximum absolute atomic E-state index is 4.26. The first kappa shape index (κ1) is 11.3. The molecule has 1 aliphatic heterocycles. The number of nitrogens with one attached hydrogen (secondary N) is 2. The lowest BCUT2D eigenvalue weighted by Crippen LogP contribution is -2.45. The van der Waals surface area contributed by atoms with Gasteiger partial charge in [-0.1, -0.05) is 0 Å². The van der Waals surface area contributed by atoms with Crippen molar-refractivity contribution in [2.75, 3.05) is 44.6 Å². The van der Waals surface area contributed by atoms with Crippen LogP contribution in [0.1, 0.15) is 5.69 Å². The summed E-state index contributed by atoms with van der Waals surface area (Å²) in [5.41, 5.74) is 0.961. The molecule has 5 heteroatoms. The number of piperazine rings is 1. The molecule has 0 unspecified atom stereocenters. The van der Waals surface area contributed by atoms with Gasteiger partial charge in [-0.05, 0) is 6.92 Å². The summed E-state index contributed by atoms with van der Waals surface area (Å²) in [5, 5.41) is 6.67. The minimum Gasteiger partial charge on any atom is -0.367 e. The number of aromatic nitrogens is 2. The molecule has 1 saturated heterocycles. The lowest BCUT2D eigenvalue weighted by molar-refractivity contribution is 0.249. The highest BCUT2D eigenvalue weighted by Crippen LogP contribution is 2.05. The van der Waals surface area contributed by atoms with E-state index in [1.165, 1.54) is 0 Å². The van der Waals surface area contributed by atoms with E-state index >= 15 is 0 Å². The number of nitrogens with zero attached hydrogens (tertiary/aromatic N) is 3. The van der Waals surface area contributed by atoms with Crippen LogP contribution in [0.25, 0.3) is 0 Å². The van der Waals surface area contributed by atoms with Crippen molar-refractivity contribution < 1.29 is 0 Å². The molecule has 0 aliphatic carbocycles. The summed E-state index contributed by atoms with van der Waals surface area (Å²) in [5.74, 6) is 0.901. The average Bonchev–Trinajstić information content (AvgIpc) is 2.33.